The van der Waals surface area contributed by atoms with Crippen molar-refractivity contribution in [1.29, 1.82) is 0 Å². The van der Waals surface area contributed by atoms with Crippen LogP contribution in [0.1, 0.15) is 12.8 Å². The van der Waals surface area contributed by atoms with Gasteiger partial charge in [-0.05, 0) is 12.8 Å². The van der Waals surface area contributed by atoms with E-state index in [2.05, 4.69) is 0 Å². The summed E-state index contributed by atoms with van der Waals surface area (Å²) in [6.45, 7) is 2.00. The number of hydrogen-bond acceptors (Lipinski definition) is 1. The van der Waals surface area contributed by atoms with Gasteiger partial charge in [0.15, 0.2) is 0 Å². The molecule has 0 saturated carbocycles. The second-order valence-electron chi connectivity index (χ2n) is 1.51. The van der Waals surface area contributed by atoms with Crippen LogP contribution in [0.2, 0.25) is 0 Å². The maximum atomic E-state index is 4.99. The van der Waals surface area contributed by atoms with Crippen LogP contribution in [0.4, 0.5) is 0 Å². The third-order valence-corrected chi connectivity index (χ3v) is 0.827. The van der Waals surface area contributed by atoms with E-state index in [9.17, 15) is 0 Å². The molecule has 0 aromatic heterocycles. The molecule has 0 aromatic rings. The summed E-state index contributed by atoms with van der Waals surface area (Å²) in [5, 5.41) is 0. The van der Waals surface area contributed by atoms with Crippen molar-refractivity contribution >= 4 is 43.3 Å². The maximum absolute atomic E-state index is 4.99. The molecule has 1 heterocycles. The van der Waals surface area contributed by atoms with Crippen molar-refractivity contribution in [2.24, 2.45) is 0 Å². The Morgan fingerprint density at radius 2 is 1.33 bits per heavy atom. The molecule has 1 aliphatic heterocycles. The van der Waals surface area contributed by atoms with Gasteiger partial charge in [0, 0.05) is 13.2 Å². The average molecular weight is 300 g/mol. The van der Waals surface area contributed by atoms with Crippen LogP contribution in [0.15, 0.2) is 0 Å². The molecule has 1 fully saturated rings. The van der Waals surface area contributed by atoms with Gasteiger partial charge < -0.3 is 4.74 Å². The monoisotopic (exact) mass is 298 g/mol. The number of halogens is 3. The Morgan fingerprint density at radius 1 is 1.00 bits per heavy atom. The van der Waals surface area contributed by atoms with Gasteiger partial charge in [-0.15, -0.1) is 0 Å². The molecule has 1 rings (SSSR count). The predicted octanol–water partition coefficient (Wildman–Crippen LogP) is 2.48. The third-order valence-electron chi connectivity index (χ3n) is 0.827. The minimum atomic E-state index is -2.03. The summed E-state index contributed by atoms with van der Waals surface area (Å²) in [6, 6.07) is 0. The summed E-state index contributed by atoms with van der Waals surface area (Å²) in [5.41, 5.74) is 0. The molecule has 9 heavy (non-hydrogen) atoms. The van der Waals surface area contributed by atoms with Gasteiger partial charge in [-0.1, -0.05) is 0 Å². The van der Waals surface area contributed by atoms with Crippen LogP contribution in [0.3, 0.4) is 0 Å². The molecular formula is C4H8Cl3OSb. The molecule has 5 heteroatoms. The van der Waals surface area contributed by atoms with Crippen molar-refractivity contribution < 1.29 is 4.74 Å². The van der Waals surface area contributed by atoms with Crippen molar-refractivity contribution in [3.8, 4) is 0 Å². The molecule has 0 aromatic carbocycles. The Bertz CT molecular complexity index is 47.4. The van der Waals surface area contributed by atoms with Crippen LogP contribution in [-0.4, -0.2) is 30.0 Å². The number of hydrogen-bond donors (Lipinski definition) is 0. The van der Waals surface area contributed by atoms with Crippen LogP contribution in [0, 0.1) is 0 Å². The first-order valence-corrected chi connectivity index (χ1v) is 12.3. The third kappa shape index (κ3) is 12.8. The normalized spacial score (nSPS) is 17.3. The molecule has 56 valence electrons. The molecule has 1 nitrogen and oxygen atoms in total. The summed E-state index contributed by atoms with van der Waals surface area (Å²) >= 11 is -2.03. The van der Waals surface area contributed by atoms with Crippen LogP contribution >= 0.6 is 26.5 Å². The molecule has 0 unspecified atom stereocenters. The second kappa shape index (κ2) is 7.75. The van der Waals surface area contributed by atoms with Crippen LogP contribution in [-0.2, 0) is 4.74 Å². The van der Waals surface area contributed by atoms with Crippen molar-refractivity contribution in [3.63, 3.8) is 0 Å². The SMILES string of the molecule is C1CCOC1.[Cl][Sb]([Cl])[Cl]. The van der Waals surface area contributed by atoms with Gasteiger partial charge in [0.25, 0.3) is 0 Å². The number of ether oxygens (including phenoxy) is 1. The van der Waals surface area contributed by atoms with E-state index in [0.717, 1.165) is 13.2 Å². The van der Waals surface area contributed by atoms with E-state index in [4.69, 9.17) is 31.2 Å². The van der Waals surface area contributed by atoms with Crippen LogP contribution < -0.4 is 0 Å². The van der Waals surface area contributed by atoms with Crippen molar-refractivity contribution in [2.75, 3.05) is 13.2 Å². The summed E-state index contributed by atoms with van der Waals surface area (Å²) in [5.74, 6) is 0. The molecule has 0 bridgehead atoms. The van der Waals surface area contributed by atoms with E-state index < -0.39 is 16.8 Å². The van der Waals surface area contributed by atoms with Crippen LogP contribution in [0.5, 0.6) is 0 Å². The summed E-state index contributed by atoms with van der Waals surface area (Å²) in [6.07, 6.45) is 2.56. The Kier molecular flexibility index (Phi) is 9.17. The molecule has 0 N–H and O–H groups in total. The Morgan fingerprint density at radius 3 is 1.44 bits per heavy atom. The molecular weight excluding hydrogens is 292 g/mol. The Balaban J connectivity index is 0.000000148. The standard InChI is InChI=1S/C4H8O.3ClH.Sb/c1-2-4-5-3-1;;;;/h1-4H2;3*1H;/q;;;;+3/p-3. The second-order valence-corrected chi connectivity index (χ2v) is 12.9. The van der Waals surface area contributed by atoms with E-state index >= 15 is 0 Å². The van der Waals surface area contributed by atoms with E-state index in [1.54, 1.807) is 0 Å². The fourth-order valence-electron chi connectivity index (χ4n) is 0.510. The van der Waals surface area contributed by atoms with E-state index in [0.29, 0.717) is 0 Å². The molecule has 0 spiro atoms. The topological polar surface area (TPSA) is 9.23 Å². The van der Waals surface area contributed by atoms with Crippen LogP contribution in [0.25, 0.3) is 0 Å². The first-order valence-electron chi connectivity index (χ1n) is 2.58. The molecule has 0 amide bonds. The summed E-state index contributed by atoms with van der Waals surface area (Å²) in [4.78, 5) is 0. The van der Waals surface area contributed by atoms with Gasteiger partial charge in [0.05, 0.1) is 0 Å². The van der Waals surface area contributed by atoms with Gasteiger partial charge in [-0.25, -0.2) is 0 Å². The zero-order valence-electron chi connectivity index (χ0n) is 4.82. The Hall–Kier alpha value is 1.65. The van der Waals surface area contributed by atoms with Gasteiger partial charge in [-0.3, -0.25) is 0 Å². The molecule has 0 aliphatic carbocycles. The average Bonchev–Trinajstić information content (AvgIpc) is 2.11. The van der Waals surface area contributed by atoms with Crippen molar-refractivity contribution in [3.05, 3.63) is 0 Å². The summed E-state index contributed by atoms with van der Waals surface area (Å²) < 4.78 is 4.94. The zero-order chi connectivity index (χ0) is 7.11. The van der Waals surface area contributed by atoms with E-state index in [1.165, 1.54) is 12.8 Å². The minimum absolute atomic E-state index is 1.00. The molecule has 0 atom stereocenters. The summed E-state index contributed by atoms with van der Waals surface area (Å²) in [7, 11) is 15.0. The number of rotatable bonds is 0. The van der Waals surface area contributed by atoms with E-state index in [-0.39, 0.29) is 0 Å². The molecule has 1 saturated heterocycles. The zero-order valence-corrected chi connectivity index (χ0v) is 9.64. The van der Waals surface area contributed by atoms with Gasteiger partial charge >= 0.3 is 43.3 Å². The molecule has 0 radical (unpaired) electrons. The molecule has 1 aliphatic rings. The van der Waals surface area contributed by atoms with E-state index in [1.807, 2.05) is 0 Å². The van der Waals surface area contributed by atoms with Gasteiger partial charge in [0.1, 0.15) is 0 Å². The van der Waals surface area contributed by atoms with Crippen molar-refractivity contribution in [1.82, 2.24) is 0 Å². The first-order chi connectivity index (χ1) is 4.23. The van der Waals surface area contributed by atoms with Gasteiger partial charge in [0.2, 0.25) is 0 Å². The predicted molar refractivity (Wildman–Crippen MR) is 43.4 cm³/mol. The first kappa shape index (κ1) is 10.6. The van der Waals surface area contributed by atoms with Gasteiger partial charge in [-0.2, -0.15) is 0 Å². The quantitative estimate of drug-likeness (QED) is 0.625. The fourth-order valence-corrected chi connectivity index (χ4v) is 0.510. The Labute approximate surface area is 73.6 Å². The fraction of sp³-hybridized carbons (Fsp3) is 1.00. The van der Waals surface area contributed by atoms with Crippen molar-refractivity contribution in [2.45, 2.75) is 12.8 Å².